The fourth-order valence-corrected chi connectivity index (χ4v) is 2.59. The second kappa shape index (κ2) is 4.00. The maximum absolute atomic E-state index is 5.90. The lowest BCUT2D eigenvalue weighted by molar-refractivity contribution is 0.0120. The fourth-order valence-electron chi connectivity index (χ4n) is 2.59. The number of guanidine groups is 1. The van der Waals surface area contributed by atoms with E-state index in [4.69, 9.17) is 10.5 Å². The monoisotopic (exact) mass is 211 g/mol. The Morgan fingerprint density at radius 2 is 2.20 bits per heavy atom. The molecule has 0 radical (unpaired) electrons. The Balaban J connectivity index is 2.04. The summed E-state index contributed by atoms with van der Waals surface area (Å²) in [5.74, 6) is 0.679. The van der Waals surface area contributed by atoms with Gasteiger partial charge in [-0.05, 0) is 33.6 Å². The summed E-state index contributed by atoms with van der Waals surface area (Å²) in [6, 6.07) is 0.760. The van der Waals surface area contributed by atoms with Crippen molar-refractivity contribution >= 4 is 5.96 Å². The molecule has 0 amide bonds. The highest BCUT2D eigenvalue weighted by molar-refractivity contribution is 5.80. The lowest BCUT2D eigenvalue weighted by atomic mass is 10.1. The van der Waals surface area contributed by atoms with Gasteiger partial charge in [0, 0.05) is 6.04 Å². The van der Waals surface area contributed by atoms with Crippen LogP contribution >= 0.6 is 0 Å². The van der Waals surface area contributed by atoms with Crippen molar-refractivity contribution in [3.8, 4) is 0 Å². The minimum absolute atomic E-state index is 0.312. The van der Waals surface area contributed by atoms with Gasteiger partial charge in [-0.2, -0.15) is 0 Å². The van der Waals surface area contributed by atoms with Crippen LogP contribution in [0.5, 0.6) is 0 Å². The van der Waals surface area contributed by atoms with E-state index in [1.807, 2.05) is 0 Å². The molecule has 2 aliphatic rings. The molecule has 0 aliphatic carbocycles. The molecule has 0 bridgehead atoms. The Hall–Kier alpha value is -0.770. The third kappa shape index (κ3) is 1.95. The van der Waals surface area contributed by atoms with Gasteiger partial charge in [0.05, 0.1) is 24.8 Å². The van der Waals surface area contributed by atoms with Gasteiger partial charge < -0.3 is 15.4 Å². The first-order chi connectivity index (χ1) is 7.09. The largest absolute Gasteiger partial charge is 0.373 e. The van der Waals surface area contributed by atoms with Crippen molar-refractivity contribution in [3.63, 3.8) is 0 Å². The molecular weight excluding hydrogens is 190 g/mol. The summed E-state index contributed by atoms with van der Waals surface area (Å²) in [5.41, 5.74) is 5.89. The van der Waals surface area contributed by atoms with Crippen LogP contribution < -0.4 is 5.73 Å². The van der Waals surface area contributed by atoms with Gasteiger partial charge in [0.15, 0.2) is 5.96 Å². The van der Waals surface area contributed by atoms with Gasteiger partial charge in [0.25, 0.3) is 0 Å². The van der Waals surface area contributed by atoms with Gasteiger partial charge in [-0.1, -0.05) is 0 Å². The highest BCUT2D eigenvalue weighted by Gasteiger charge is 2.38. The second-order valence-corrected chi connectivity index (χ2v) is 4.83. The van der Waals surface area contributed by atoms with Gasteiger partial charge >= 0.3 is 0 Å². The van der Waals surface area contributed by atoms with Crippen molar-refractivity contribution in [1.29, 1.82) is 0 Å². The molecule has 1 saturated heterocycles. The normalized spacial score (nSPS) is 36.4. The summed E-state index contributed by atoms with van der Waals surface area (Å²) < 4.78 is 5.90. The Morgan fingerprint density at radius 1 is 1.47 bits per heavy atom. The Morgan fingerprint density at radius 3 is 2.73 bits per heavy atom. The first-order valence-corrected chi connectivity index (χ1v) is 5.83. The topological polar surface area (TPSA) is 50.8 Å². The third-order valence-electron chi connectivity index (χ3n) is 3.31. The number of hydrogen-bond donors (Lipinski definition) is 1. The van der Waals surface area contributed by atoms with Crippen molar-refractivity contribution < 1.29 is 4.74 Å². The summed E-state index contributed by atoms with van der Waals surface area (Å²) >= 11 is 0. The van der Waals surface area contributed by atoms with Crippen LogP contribution in [-0.4, -0.2) is 41.7 Å². The Labute approximate surface area is 91.5 Å². The molecule has 2 heterocycles. The average Bonchev–Trinajstić information content (AvgIpc) is 2.71. The van der Waals surface area contributed by atoms with Crippen molar-refractivity contribution in [2.24, 2.45) is 10.7 Å². The third-order valence-corrected chi connectivity index (χ3v) is 3.31. The van der Waals surface area contributed by atoms with Crippen LogP contribution in [0.2, 0.25) is 0 Å². The maximum Gasteiger partial charge on any atom is 0.191 e. The molecule has 2 N–H and O–H groups in total. The average molecular weight is 211 g/mol. The lowest BCUT2D eigenvalue weighted by Gasteiger charge is -2.33. The van der Waals surface area contributed by atoms with Crippen LogP contribution in [0.1, 0.15) is 33.6 Å². The molecule has 15 heavy (non-hydrogen) atoms. The van der Waals surface area contributed by atoms with Crippen LogP contribution in [-0.2, 0) is 4.74 Å². The van der Waals surface area contributed by atoms with Crippen LogP contribution in [0.25, 0.3) is 0 Å². The molecule has 3 atom stereocenters. The zero-order valence-corrected chi connectivity index (χ0v) is 9.81. The van der Waals surface area contributed by atoms with Gasteiger partial charge in [0.1, 0.15) is 0 Å². The van der Waals surface area contributed by atoms with Crippen molar-refractivity contribution in [2.45, 2.75) is 57.9 Å². The molecule has 0 aromatic carbocycles. The van der Waals surface area contributed by atoms with E-state index in [0.29, 0.717) is 30.3 Å². The Bertz CT molecular complexity index is 265. The molecule has 0 spiro atoms. The molecule has 4 heteroatoms. The van der Waals surface area contributed by atoms with Crippen LogP contribution in [0.15, 0.2) is 4.99 Å². The van der Waals surface area contributed by atoms with E-state index >= 15 is 0 Å². The van der Waals surface area contributed by atoms with Crippen molar-refractivity contribution in [2.75, 3.05) is 6.54 Å². The second-order valence-electron chi connectivity index (χ2n) is 4.83. The number of hydrogen-bond acceptors (Lipinski definition) is 4. The molecule has 0 aromatic heterocycles. The summed E-state index contributed by atoms with van der Waals surface area (Å²) in [6.45, 7) is 7.23. The van der Waals surface area contributed by atoms with E-state index in [9.17, 15) is 0 Å². The number of ether oxygens (including phenoxy) is 1. The van der Waals surface area contributed by atoms with Crippen LogP contribution in [0, 0.1) is 0 Å². The zero-order valence-electron chi connectivity index (χ0n) is 9.81. The van der Waals surface area contributed by atoms with E-state index in [2.05, 4.69) is 30.7 Å². The van der Waals surface area contributed by atoms with E-state index in [-0.39, 0.29) is 0 Å². The SMILES string of the molecule is CC1CCC(C2CN=C(N)N2C(C)C)O1. The number of rotatable bonds is 2. The molecule has 4 nitrogen and oxygen atoms in total. The number of aliphatic imine (C=N–C) groups is 1. The van der Waals surface area contributed by atoms with Gasteiger partial charge in [-0.15, -0.1) is 0 Å². The highest BCUT2D eigenvalue weighted by Crippen LogP contribution is 2.27. The van der Waals surface area contributed by atoms with E-state index in [1.165, 1.54) is 0 Å². The van der Waals surface area contributed by atoms with Gasteiger partial charge in [0.2, 0.25) is 0 Å². The minimum Gasteiger partial charge on any atom is -0.373 e. The van der Waals surface area contributed by atoms with Crippen LogP contribution in [0.3, 0.4) is 0 Å². The summed E-state index contributed by atoms with van der Waals surface area (Å²) in [6.07, 6.45) is 3.00. The summed E-state index contributed by atoms with van der Waals surface area (Å²) in [7, 11) is 0. The summed E-state index contributed by atoms with van der Waals surface area (Å²) in [4.78, 5) is 6.53. The number of nitrogens with two attached hydrogens (primary N) is 1. The standard InChI is InChI=1S/C11H21N3O/c1-7(2)14-9(6-13-11(14)12)10-5-4-8(3)15-10/h7-10H,4-6H2,1-3H3,(H2,12,13). The number of nitrogens with zero attached hydrogens (tertiary/aromatic N) is 2. The predicted molar refractivity (Wildman–Crippen MR) is 60.8 cm³/mol. The van der Waals surface area contributed by atoms with E-state index in [1.54, 1.807) is 0 Å². The smallest absolute Gasteiger partial charge is 0.191 e. The molecule has 0 aromatic rings. The van der Waals surface area contributed by atoms with Crippen LogP contribution in [0.4, 0.5) is 0 Å². The minimum atomic E-state index is 0.312. The van der Waals surface area contributed by atoms with Crippen molar-refractivity contribution in [1.82, 2.24) is 4.90 Å². The maximum atomic E-state index is 5.90. The molecule has 3 unspecified atom stereocenters. The molecule has 86 valence electrons. The Kier molecular flexibility index (Phi) is 2.87. The quantitative estimate of drug-likeness (QED) is 0.740. The summed E-state index contributed by atoms with van der Waals surface area (Å²) in [5, 5.41) is 0. The molecular formula is C11H21N3O. The molecule has 0 saturated carbocycles. The zero-order chi connectivity index (χ0) is 11.0. The molecule has 2 aliphatic heterocycles. The first kappa shape index (κ1) is 10.7. The fraction of sp³-hybridized carbons (Fsp3) is 0.909. The van der Waals surface area contributed by atoms with Gasteiger partial charge in [-0.3, -0.25) is 4.99 Å². The van der Waals surface area contributed by atoms with E-state index in [0.717, 1.165) is 19.4 Å². The van der Waals surface area contributed by atoms with Crippen molar-refractivity contribution in [3.05, 3.63) is 0 Å². The lowest BCUT2D eigenvalue weighted by Crippen LogP contribution is -2.50. The highest BCUT2D eigenvalue weighted by atomic mass is 16.5. The first-order valence-electron chi connectivity index (χ1n) is 5.83. The van der Waals surface area contributed by atoms with Gasteiger partial charge in [-0.25, -0.2) is 0 Å². The van der Waals surface area contributed by atoms with E-state index < -0.39 is 0 Å². The molecule has 1 fully saturated rings. The predicted octanol–water partition coefficient (Wildman–Crippen LogP) is 0.961. The molecule has 2 rings (SSSR count).